The van der Waals surface area contributed by atoms with Crippen molar-refractivity contribution in [2.24, 2.45) is 0 Å². The summed E-state index contributed by atoms with van der Waals surface area (Å²) in [5.74, 6) is -1.09. The first-order chi connectivity index (χ1) is 18.5. The van der Waals surface area contributed by atoms with Gasteiger partial charge in [-0.25, -0.2) is 4.79 Å². The number of esters is 2. The van der Waals surface area contributed by atoms with Crippen LogP contribution in [0.25, 0.3) is 0 Å². The lowest BCUT2D eigenvalue weighted by atomic mass is 10.1. The second-order valence-corrected chi connectivity index (χ2v) is 8.56. The third kappa shape index (κ3) is 17.7. The summed E-state index contributed by atoms with van der Waals surface area (Å²) >= 11 is 0. The van der Waals surface area contributed by atoms with Crippen molar-refractivity contribution in [1.29, 1.82) is 0 Å². The highest BCUT2D eigenvalue weighted by Crippen LogP contribution is 2.19. The predicted molar refractivity (Wildman–Crippen MR) is 154 cm³/mol. The molecule has 206 valence electrons. The van der Waals surface area contributed by atoms with Crippen LogP contribution in [0.5, 0.6) is 5.75 Å². The molecule has 6 nitrogen and oxygen atoms in total. The van der Waals surface area contributed by atoms with Gasteiger partial charge in [-0.15, -0.1) is 0 Å². The number of benzene rings is 1. The molecule has 0 fully saturated rings. The van der Waals surface area contributed by atoms with E-state index in [-0.39, 0.29) is 23.8 Å². The zero-order valence-corrected chi connectivity index (χ0v) is 22.9. The predicted octanol–water partition coefficient (Wildman–Crippen LogP) is 7.20. The van der Waals surface area contributed by atoms with Gasteiger partial charge in [-0.1, -0.05) is 73.7 Å². The van der Waals surface area contributed by atoms with E-state index >= 15 is 0 Å². The maximum absolute atomic E-state index is 12.2. The number of amides is 1. The summed E-state index contributed by atoms with van der Waals surface area (Å²) in [6.07, 6.45) is 29.7. The molecule has 0 aliphatic heterocycles. The van der Waals surface area contributed by atoms with Gasteiger partial charge in [0.25, 0.3) is 0 Å². The van der Waals surface area contributed by atoms with Crippen molar-refractivity contribution >= 4 is 17.8 Å². The molecule has 1 aromatic rings. The van der Waals surface area contributed by atoms with Crippen LogP contribution in [0.3, 0.4) is 0 Å². The summed E-state index contributed by atoms with van der Waals surface area (Å²) in [6.45, 7) is 3.94. The summed E-state index contributed by atoms with van der Waals surface area (Å²) < 4.78 is 10.2. The van der Waals surface area contributed by atoms with E-state index in [1.165, 1.54) is 31.6 Å². The number of nitrogens with one attached hydrogen (secondary N) is 1. The first kappa shape index (κ1) is 32.4. The monoisotopic (exact) mass is 521 g/mol. The fraction of sp³-hybridized carbons (Fsp3) is 0.406. The van der Waals surface area contributed by atoms with E-state index in [0.717, 1.165) is 38.5 Å². The second-order valence-electron chi connectivity index (χ2n) is 8.56. The SMILES string of the molecule is CCC=CCC=CCC=CCCCCC=CCC=CC(=O)NCCCOC(=O)c1ccccc1OC(C)=O. The molecule has 0 saturated carbocycles. The zero-order valence-electron chi connectivity index (χ0n) is 22.9. The highest BCUT2D eigenvalue weighted by atomic mass is 16.5. The molecule has 0 aliphatic carbocycles. The minimum Gasteiger partial charge on any atom is -0.462 e. The van der Waals surface area contributed by atoms with E-state index in [2.05, 4.69) is 60.8 Å². The van der Waals surface area contributed by atoms with Crippen LogP contribution in [-0.2, 0) is 14.3 Å². The normalized spacial score (nSPS) is 11.8. The third-order valence-corrected chi connectivity index (χ3v) is 5.19. The largest absolute Gasteiger partial charge is 0.462 e. The number of hydrogen-bond acceptors (Lipinski definition) is 5. The molecule has 6 heteroatoms. The van der Waals surface area contributed by atoms with Crippen LogP contribution in [0.15, 0.2) is 85.0 Å². The Hall–Kier alpha value is -3.67. The lowest BCUT2D eigenvalue weighted by molar-refractivity contribution is -0.131. The van der Waals surface area contributed by atoms with Crippen molar-refractivity contribution < 1.29 is 23.9 Å². The highest BCUT2D eigenvalue weighted by molar-refractivity contribution is 5.93. The van der Waals surface area contributed by atoms with Crippen LogP contribution in [0.1, 0.15) is 82.0 Å². The van der Waals surface area contributed by atoms with Gasteiger partial charge in [0.05, 0.1) is 6.61 Å². The maximum atomic E-state index is 12.2. The van der Waals surface area contributed by atoms with Crippen LogP contribution >= 0.6 is 0 Å². The first-order valence-corrected chi connectivity index (χ1v) is 13.5. The topological polar surface area (TPSA) is 81.7 Å². The number of hydrogen-bond donors (Lipinski definition) is 1. The van der Waals surface area contributed by atoms with Crippen molar-refractivity contribution in [3.8, 4) is 5.75 Å². The Balaban J connectivity index is 2.05. The summed E-state index contributed by atoms with van der Waals surface area (Å²) in [4.78, 5) is 35.2. The van der Waals surface area contributed by atoms with Crippen molar-refractivity contribution in [2.45, 2.75) is 71.6 Å². The Morgan fingerprint density at radius 1 is 0.789 bits per heavy atom. The van der Waals surface area contributed by atoms with E-state index in [9.17, 15) is 14.4 Å². The van der Waals surface area contributed by atoms with Gasteiger partial charge in [-0.05, 0) is 76.0 Å². The molecule has 0 aliphatic rings. The quantitative estimate of drug-likeness (QED) is 0.0685. The molecule has 1 rings (SSSR count). The number of carbonyl (C=O) groups excluding carboxylic acids is 3. The standard InChI is InChI=1S/C32H43NO5/c1-3-4-5-6-7-8-9-10-11-12-13-14-15-16-17-18-19-25-31(35)33-26-22-27-37-32(36)29-23-20-21-24-30(29)38-28(2)34/h4-5,7-8,10-11,16-17,19-21,23-25H,3,6,9,12-15,18,22,26-27H2,1-2H3,(H,33,35). The average molecular weight is 522 g/mol. The van der Waals surface area contributed by atoms with Crippen molar-refractivity contribution in [1.82, 2.24) is 5.32 Å². The van der Waals surface area contributed by atoms with Crippen LogP contribution in [0, 0.1) is 0 Å². The first-order valence-electron chi connectivity index (χ1n) is 13.5. The zero-order chi connectivity index (χ0) is 27.7. The van der Waals surface area contributed by atoms with Crippen molar-refractivity contribution in [2.75, 3.05) is 13.2 Å². The summed E-state index contributed by atoms with van der Waals surface area (Å²) in [5.41, 5.74) is 0.189. The lowest BCUT2D eigenvalue weighted by Gasteiger charge is -2.09. The molecule has 38 heavy (non-hydrogen) atoms. The number of allylic oxidation sites excluding steroid dienone is 9. The number of unbranched alkanes of at least 4 members (excludes halogenated alkanes) is 3. The molecule has 0 heterocycles. The minimum atomic E-state index is -0.574. The van der Waals surface area contributed by atoms with Gasteiger partial charge >= 0.3 is 11.9 Å². The molecule has 0 atom stereocenters. The van der Waals surface area contributed by atoms with E-state index in [4.69, 9.17) is 9.47 Å². The van der Waals surface area contributed by atoms with E-state index in [1.807, 2.05) is 6.08 Å². The minimum absolute atomic E-state index is 0.143. The molecule has 0 saturated heterocycles. The molecule has 0 unspecified atom stereocenters. The van der Waals surface area contributed by atoms with Gasteiger partial charge in [-0.3, -0.25) is 9.59 Å². The number of ether oxygens (including phenoxy) is 2. The molecule has 0 bridgehead atoms. The van der Waals surface area contributed by atoms with Crippen LogP contribution in [0.2, 0.25) is 0 Å². The lowest BCUT2D eigenvalue weighted by Crippen LogP contribution is -2.23. The molecular formula is C32H43NO5. The Labute approximate surface area is 228 Å². The van der Waals surface area contributed by atoms with Gasteiger partial charge in [0.15, 0.2) is 0 Å². The summed E-state index contributed by atoms with van der Waals surface area (Å²) in [5, 5.41) is 2.76. The number of carbonyl (C=O) groups is 3. The average Bonchev–Trinajstić information content (AvgIpc) is 2.90. The van der Waals surface area contributed by atoms with E-state index in [0.29, 0.717) is 19.4 Å². The van der Waals surface area contributed by atoms with Crippen molar-refractivity contribution in [3.05, 3.63) is 90.6 Å². The van der Waals surface area contributed by atoms with E-state index < -0.39 is 11.9 Å². The van der Waals surface area contributed by atoms with Gasteiger partial charge < -0.3 is 14.8 Å². The molecule has 0 spiro atoms. The Kier molecular flexibility index (Phi) is 19.2. The van der Waals surface area contributed by atoms with Gasteiger partial charge in [0.1, 0.15) is 11.3 Å². The fourth-order valence-electron chi connectivity index (χ4n) is 3.28. The van der Waals surface area contributed by atoms with Crippen LogP contribution < -0.4 is 10.1 Å². The molecular weight excluding hydrogens is 478 g/mol. The maximum Gasteiger partial charge on any atom is 0.341 e. The Morgan fingerprint density at radius 2 is 1.39 bits per heavy atom. The highest BCUT2D eigenvalue weighted by Gasteiger charge is 2.14. The van der Waals surface area contributed by atoms with Gasteiger partial charge in [-0.2, -0.15) is 0 Å². The Morgan fingerprint density at radius 3 is 2.05 bits per heavy atom. The van der Waals surface area contributed by atoms with Gasteiger partial charge in [0.2, 0.25) is 5.91 Å². The number of rotatable bonds is 19. The molecule has 0 aromatic heterocycles. The fourth-order valence-corrected chi connectivity index (χ4v) is 3.28. The number of para-hydroxylation sites is 1. The molecule has 0 radical (unpaired) electrons. The molecule has 1 aromatic carbocycles. The van der Waals surface area contributed by atoms with E-state index in [1.54, 1.807) is 12.1 Å². The third-order valence-electron chi connectivity index (χ3n) is 5.19. The molecule has 1 N–H and O–H groups in total. The van der Waals surface area contributed by atoms with Gasteiger partial charge in [0, 0.05) is 13.5 Å². The smallest absolute Gasteiger partial charge is 0.341 e. The summed E-state index contributed by atoms with van der Waals surface area (Å²) in [7, 11) is 0. The Bertz CT molecular complexity index is 972. The van der Waals surface area contributed by atoms with Crippen LogP contribution in [-0.4, -0.2) is 31.0 Å². The molecule has 1 amide bonds. The summed E-state index contributed by atoms with van der Waals surface area (Å²) in [6, 6.07) is 6.41. The second kappa shape index (κ2) is 22.5. The van der Waals surface area contributed by atoms with Crippen molar-refractivity contribution in [3.63, 3.8) is 0 Å². The van der Waals surface area contributed by atoms with Crippen LogP contribution in [0.4, 0.5) is 0 Å².